The minimum atomic E-state index is -4.58. The van der Waals surface area contributed by atoms with Gasteiger partial charge in [0.2, 0.25) is 0 Å². The van der Waals surface area contributed by atoms with Gasteiger partial charge in [-0.05, 0) is 39.8 Å². The Balaban J connectivity index is 3.35. The molecule has 0 aliphatic rings. The maximum absolute atomic E-state index is 12.2. The Morgan fingerprint density at radius 3 is 2.47 bits per heavy atom. The van der Waals surface area contributed by atoms with E-state index in [4.69, 9.17) is 10.4 Å². The van der Waals surface area contributed by atoms with Crippen LogP contribution < -0.4 is 0 Å². The van der Waals surface area contributed by atoms with Crippen LogP contribution in [0.25, 0.3) is 0 Å². The van der Waals surface area contributed by atoms with Crippen LogP contribution >= 0.6 is 27.7 Å². The van der Waals surface area contributed by atoms with E-state index in [9.17, 15) is 18.0 Å². The van der Waals surface area contributed by atoms with Crippen molar-refractivity contribution in [3.8, 4) is 6.07 Å². The third-order valence-electron chi connectivity index (χ3n) is 1.64. The van der Waals surface area contributed by atoms with Crippen molar-refractivity contribution in [2.75, 3.05) is 0 Å². The zero-order valence-corrected chi connectivity index (χ0v) is 10.3. The second kappa shape index (κ2) is 4.98. The smallest absolute Gasteiger partial charge is 0.446 e. The first-order valence-electron chi connectivity index (χ1n) is 3.97. The molecule has 17 heavy (non-hydrogen) atoms. The molecular weight excluding hydrogens is 323 g/mol. The van der Waals surface area contributed by atoms with E-state index >= 15 is 0 Å². The molecule has 0 saturated heterocycles. The quantitative estimate of drug-likeness (QED) is 0.843. The number of nitrogens with zero attached hydrogens (tertiary/aromatic N) is 1. The van der Waals surface area contributed by atoms with Crippen LogP contribution in [-0.4, -0.2) is 16.6 Å². The lowest BCUT2D eigenvalue weighted by atomic mass is 10.1. The number of carbonyl (C=O) groups is 1. The molecule has 0 amide bonds. The molecule has 90 valence electrons. The Bertz CT molecular complexity index is 510. The summed E-state index contributed by atoms with van der Waals surface area (Å²) in [5, 5.41) is 17.4. The Morgan fingerprint density at radius 2 is 2.06 bits per heavy atom. The van der Waals surface area contributed by atoms with Crippen LogP contribution in [0.15, 0.2) is 21.5 Å². The van der Waals surface area contributed by atoms with Crippen LogP contribution in [0, 0.1) is 11.3 Å². The lowest BCUT2D eigenvalue weighted by molar-refractivity contribution is -0.0328. The SMILES string of the molecule is N#Cc1c(Br)cc(C(=O)O)cc1SC(F)(F)F. The van der Waals surface area contributed by atoms with Gasteiger partial charge in [0.05, 0.1) is 11.1 Å². The number of benzene rings is 1. The van der Waals surface area contributed by atoms with Crippen LogP contribution in [-0.2, 0) is 0 Å². The first-order chi connectivity index (χ1) is 7.74. The summed E-state index contributed by atoms with van der Waals surface area (Å²) in [7, 11) is 0. The summed E-state index contributed by atoms with van der Waals surface area (Å²) in [5.41, 5.74) is -5.14. The molecule has 0 saturated carbocycles. The second-order valence-electron chi connectivity index (χ2n) is 2.80. The number of halogens is 4. The summed E-state index contributed by atoms with van der Waals surface area (Å²) < 4.78 is 36.7. The lowest BCUT2D eigenvalue weighted by Gasteiger charge is -2.09. The third-order valence-corrected chi connectivity index (χ3v) is 3.04. The largest absolute Gasteiger partial charge is 0.478 e. The van der Waals surface area contributed by atoms with Crippen molar-refractivity contribution >= 4 is 33.7 Å². The van der Waals surface area contributed by atoms with Gasteiger partial charge in [0.25, 0.3) is 0 Å². The highest BCUT2D eigenvalue weighted by Gasteiger charge is 2.31. The minimum absolute atomic E-state index is 0.0200. The van der Waals surface area contributed by atoms with Crippen LogP contribution in [0.1, 0.15) is 15.9 Å². The summed E-state index contributed by atoms with van der Waals surface area (Å²) in [6.07, 6.45) is 0. The van der Waals surface area contributed by atoms with E-state index in [0.717, 1.165) is 12.1 Å². The van der Waals surface area contributed by atoms with Crippen molar-refractivity contribution in [2.24, 2.45) is 0 Å². The fourth-order valence-electron chi connectivity index (χ4n) is 1.02. The molecule has 0 atom stereocenters. The monoisotopic (exact) mass is 325 g/mol. The fraction of sp³-hybridized carbons (Fsp3) is 0.111. The van der Waals surface area contributed by atoms with Gasteiger partial charge in [-0.3, -0.25) is 0 Å². The molecule has 0 aliphatic carbocycles. The normalized spacial score (nSPS) is 11.0. The van der Waals surface area contributed by atoms with Crippen molar-refractivity contribution in [2.45, 2.75) is 10.4 Å². The standard InChI is InChI=1S/C9H3BrF3NO2S/c10-6-1-4(8(15)16)2-7(5(6)3-14)17-9(11,12)13/h1-2H,(H,15,16). The average molecular weight is 326 g/mol. The zero-order chi connectivity index (χ0) is 13.2. The van der Waals surface area contributed by atoms with E-state index in [1.54, 1.807) is 6.07 Å². The van der Waals surface area contributed by atoms with E-state index in [2.05, 4.69) is 15.9 Å². The van der Waals surface area contributed by atoms with Gasteiger partial charge >= 0.3 is 11.5 Å². The van der Waals surface area contributed by atoms with Crippen LogP contribution in [0.4, 0.5) is 13.2 Å². The van der Waals surface area contributed by atoms with E-state index in [-0.39, 0.29) is 15.6 Å². The van der Waals surface area contributed by atoms with Gasteiger partial charge in [-0.2, -0.15) is 18.4 Å². The highest BCUT2D eigenvalue weighted by Crippen LogP contribution is 2.40. The van der Waals surface area contributed by atoms with Crippen molar-refractivity contribution in [3.63, 3.8) is 0 Å². The summed E-state index contributed by atoms with van der Waals surface area (Å²) in [4.78, 5) is 10.2. The van der Waals surface area contributed by atoms with Crippen LogP contribution in [0.5, 0.6) is 0 Å². The van der Waals surface area contributed by atoms with E-state index < -0.39 is 28.1 Å². The number of nitriles is 1. The van der Waals surface area contributed by atoms with E-state index in [0.29, 0.717) is 0 Å². The van der Waals surface area contributed by atoms with E-state index in [1.807, 2.05) is 0 Å². The number of thioether (sulfide) groups is 1. The fourth-order valence-corrected chi connectivity index (χ4v) is 2.39. The molecule has 0 fully saturated rings. The van der Waals surface area contributed by atoms with Crippen molar-refractivity contribution in [1.29, 1.82) is 5.26 Å². The molecule has 0 bridgehead atoms. The highest BCUT2D eigenvalue weighted by atomic mass is 79.9. The van der Waals surface area contributed by atoms with Crippen molar-refractivity contribution in [1.82, 2.24) is 0 Å². The number of hydrogen-bond acceptors (Lipinski definition) is 3. The molecule has 0 radical (unpaired) electrons. The number of hydrogen-bond donors (Lipinski definition) is 1. The Hall–Kier alpha value is -1.20. The Morgan fingerprint density at radius 1 is 1.47 bits per heavy atom. The summed E-state index contributed by atoms with van der Waals surface area (Å²) in [5.74, 6) is -1.36. The van der Waals surface area contributed by atoms with Crippen LogP contribution in [0.2, 0.25) is 0 Å². The van der Waals surface area contributed by atoms with Gasteiger partial charge in [-0.1, -0.05) is 0 Å². The number of alkyl halides is 3. The Kier molecular flexibility index (Phi) is 4.06. The molecule has 1 aromatic carbocycles. The summed E-state index contributed by atoms with van der Waals surface area (Å²) in [6.45, 7) is 0. The number of aromatic carboxylic acids is 1. The molecule has 0 aromatic heterocycles. The van der Waals surface area contributed by atoms with Gasteiger partial charge in [-0.15, -0.1) is 0 Å². The first-order valence-corrected chi connectivity index (χ1v) is 5.58. The van der Waals surface area contributed by atoms with Crippen molar-refractivity contribution < 1.29 is 23.1 Å². The zero-order valence-electron chi connectivity index (χ0n) is 7.88. The molecule has 0 aliphatic heterocycles. The second-order valence-corrected chi connectivity index (χ2v) is 4.76. The predicted molar refractivity (Wildman–Crippen MR) is 57.7 cm³/mol. The average Bonchev–Trinajstić information content (AvgIpc) is 2.14. The van der Waals surface area contributed by atoms with Crippen molar-refractivity contribution in [3.05, 3.63) is 27.7 Å². The molecule has 3 nitrogen and oxygen atoms in total. The van der Waals surface area contributed by atoms with Crippen LogP contribution in [0.3, 0.4) is 0 Å². The molecule has 0 heterocycles. The van der Waals surface area contributed by atoms with Gasteiger partial charge in [0, 0.05) is 9.37 Å². The maximum atomic E-state index is 12.2. The van der Waals surface area contributed by atoms with Gasteiger partial charge in [0.1, 0.15) is 6.07 Å². The molecule has 1 rings (SSSR count). The summed E-state index contributed by atoms with van der Waals surface area (Å²) in [6, 6.07) is 3.50. The summed E-state index contributed by atoms with van der Waals surface area (Å²) >= 11 is 2.35. The third kappa shape index (κ3) is 3.64. The van der Waals surface area contributed by atoms with Gasteiger partial charge in [-0.25, -0.2) is 4.79 Å². The van der Waals surface area contributed by atoms with E-state index in [1.165, 1.54) is 0 Å². The van der Waals surface area contributed by atoms with Gasteiger partial charge in [0.15, 0.2) is 0 Å². The number of carboxylic acid groups (broad SMARTS) is 1. The molecule has 0 unspecified atom stereocenters. The number of carboxylic acids is 1. The lowest BCUT2D eigenvalue weighted by Crippen LogP contribution is -2.03. The Labute approximate surface area is 106 Å². The van der Waals surface area contributed by atoms with Gasteiger partial charge < -0.3 is 5.11 Å². The molecule has 0 spiro atoms. The topological polar surface area (TPSA) is 61.1 Å². The molecule has 8 heteroatoms. The number of rotatable bonds is 2. The molecule has 1 aromatic rings. The highest BCUT2D eigenvalue weighted by molar-refractivity contribution is 9.10. The first kappa shape index (κ1) is 13.9. The minimum Gasteiger partial charge on any atom is -0.478 e. The maximum Gasteiger partial charge on any atom is 0.446 e. The molecule has 1 N–H and O–H groups in total. The predicted octanol–water partition coefficient (Wildman–Crippen LogP) is 3.63. The molecular formula is C9H3BrF3NO2S.